The zero-order chi connectivity index (χ0) is 11.4. The van der Waals surface area contributed by atoms with Gasteiger partial charge in [-0.05, 0) is 12.3 Å². The molecule has 0 radical (unpaired) electrons. The second kappa shape index (κ2) is 11.8. The van der Waals surface area contributed by atoms with Crippen molar-refractivity contribution in [3.05, 3.63) is 12.7 Å². The van der Waals surface area contributed by atoms with Crippen molar-refractivity contribution in [3.63, 3.8) is 0 Å². The van der Waals surface area contributed by atoms with Gasteiger partial charge in [-0.1, -0.05) is 77.7 Å². The van der Waals surface area contributed by atoms with Gasteiger partial charge in [0.15, 0.2) is 0 Å². The SMILES string of the molecule is C=CCC(CC)CCCCCCCCC. The van der Waals surface area contributed by atoms with Gasteiger partial charge >= 0.3 is 0 Å². The van der Waals surface area contributed by atoms with Gasteiger partial charge in [-0.15, -0.1) is 6.58 Å². The molecule has 0 saturated carbocycles. The van der Waals surface area contributed by atoms with Crippen LogP contribution in [0.1, 0.15) is 78.1 Å². The molecule has 0 fully saturated rings. The molecule has 1 unspecified atom stereocenters. The van der Waals surface area contributed by atoms with Gasteiger partial charge in [0, 0.05) is 0 Å². The van der Waals surface area contributed by atoms with Crippen molar-refractivity contribution >= 4 is 0 Å². The monoisotopic (exact) mass is 210 g/mol. The summed E-state index contributed by atoms with van der Waals surface area (Å²) in [4.78, 5) is 0. The van der Waals surface area contributed by atoms with E-state index in [0.717, 1.165) is 5.92 Å². The fourth-order valence-corrected chi connectivity index (χ4v) is 2.11. The third-order valence-corrected chi connectivity index (χ3v) is 3.29. The highest BCUT2D eigenvalue weighted by Gasteiger charge is 2.02. The first-order valence-electron chi connectivity index (χ1n) is 6.96. The summed E-state index contributed by atoms with van der Waals surface area (Å²) < 4.78 is 0. The van der Waals surface area contributed by atoms with Gasteiger partial charge in [0.2, 0.25) is 0 Å². The molecule has 15 heavy (non-hydrogen) atoms. The molecular formula is C15H30. The molecule has 0 N–H and O–H groups in total. The fourth-order valence-electron chi connectivity index (χ4n) is 2.11. The van der Waals surface area contributed by atoms with Crippen LogP contribution in [0, 0.1) is 5.92 Å². The summed E-state index contributed by atoms with van der Waals surface area (Å²) in [5.41, 5.74) is 0. The highest BCUT2D eigenvalue weighted by molar-refractivity contribution is 4.72. The van der Waals surface area contributed by atoms with Gasteiger partial charge in [-0.25, -0.2) is 0 Å². The molecule has 0 heterocycles. The Labute approximate surface area is 97.2 Å². The maximum absolute atomic E-state index is 3.83. The normalized spacial score (nSPS) is 12.7. The average Bonchev–Trinajstić information content (AvgIpc) is 2.26. The molecule has 0 spiro atoms. The molecule has 0 heteroatoms. The predicted molar refractivity (Wildman–Crippen MR) is 71.2 cm³/mol. The topological polar surface area (TPSA) is 0 Å². The van der Waals surface area contributed by atoms with E-state index in [1.165, 1.54) is 64.2 Å². The van der Waals surface area contributed by atoms with Crippen LogP contribution >= 0.6 is 0 Å². The smallest absolute Gasteiger partial charge is 0.0325 e. The Morgan fingerprint density at radius 2 is 1.53 bits per heavy atom. The lowest BCUT2D eigenvalue weighted by Crippen LogP contribution is -1.96. The maximum atomic E-state index is 3.83. The molecule has 0 aromatic heterocycles. The van der Waals surface area contributed by atoms with E-state index in [-0.39, 0.29) is 0 Å². The molecule has 0 rings (SSSR count). The Morgan fingerprint density at radius 1 is 0.933 bits per heavy atom. The Balaban J connectivity index is 3.17. The zero-order valence-electron chi connectivity index (χ0n) is 10.9. The quantitative estimate of drug-likeness (QED) is 0.302. The van der Waals surface area contributed by atoms with E-state index in [1.54, 1.807) is 0 Å². The summed E-state index contributed by atoms with van der Waals surface area (Å²) in [5, 5.41) is 0. The highest BCUT2D eigenvalue weighted by Crippen LogP contribution is 2.18. The second-order valence-corrected chi connectivity index (χ2v) is 4.71. The summed E-state index contributed by atoms with van der Waals surface area (Å²) >= 11 is 0. The van der Waals surface area contributed by atoms with Crippen molar-refractivity contribution in [2.45, 2.75) is 78.1 Å². The van der Waals surface area contributed by atoms with Crippen LogP contribution in [0.3, 0.4) is 0 Å². The number of hydrogen-bond donors (Lipinski definition) is 0. The Kier molecular flexibility index (Phi) is 11.6. The summed E-state index contributed by atoms with van der Waals surface area (Å²) in [5.74, 6) is 0.901. The molecule has 1 atom stereocenters. The van der Waals surface area contributed by atoms with Gasteiger partial charge in [-0.3, -0.25) is 0 Å². The average molecular weight is 210 g/mol. The van der Waals surface area contributed by atoms with Crippen molar-refractivity contribution in [3.8, 4) is 0 Å². The van der Waals surface area contributed by atoms with E-state index >= 15 is 0 Å². The van der Waals surface area contributed by atoms with E-state index in [2.05, 4.69) is 26.5 Å². The number of unbranched alkanes of at least 4 members (excludes halogenated alkanes) is 6. The number of allylic oxidation sites excluding steroid dienone is 1. The van der Waals surface area contributed by atoms with Gasteiger partial charge in [0.25, 0.3) is 0 Å². The molecule has 90 valence electrons. The summed E-state index contributed by atoms with van der Waals surface area (Å²) in [6.45, 7) is 8.41. The molecule has 0 saturated heterocycles. The minimum atomic E-state index is 0.901. The van der Waals surface area contributed by atoms with Crippen LogP contribution in [0.25, 0.3) is 0 Å². The lowest BCUT2D eigenvalue weighted by Gasteiger charge is -2.11. The minimum Gasteiger partial charge on any atom is -0.103 e. The first kappa shape index (κ1) is 14.7. The van der Waals surface area contributed by atoms with Crippen molar-refractivity contribution in [2.75, 3.05) is 0 Å². The van der Waals surface area contributed by atoms with Crippen molar-refractivity contribution < 1.29 is 0 Å². The van der Waals surface area contributed by atoms with Crippen LogP contribution < -0.4 is 0 Å². The van der Waals surface area contributed by atoms with E-state index in [9.17, 15) is 0 Å². The van der Waals surface area contributed by atoms with E-state index in [1.807, 2.05) is 0 Å². The van der Waals surface area contributed by atoms with Gasteiger partial charge in [0.05, 0.1) is 0 Å². The number of rotatable bonds is 11. The van der Waals surface area contributed by atoms with Crippen molar-refractivity contribution in [1.82, 2.24) is 0 Å². The van der Waals surface area contributed by atoms with Gasteiger partial charge < -0.3 is 0 Å². The van der Waals surface area contributed by atoms with Crippen molar-refractivity contribution in [2.24, 2.45) is 5.92 Å². The van der Waals surface area contributed by atoms with E-state index in [0.29, 0.717) is 0 Å². The van der Waals surface area contributed by atoms with Crippen LogP contribution in [-0.2, 0) is 0 Å². The molecule has 0 aliphatic heterocycles. The molecule has 0 amide bonds. The Morgan fingerprint density at radius 3 is 2.07 bits per heavy atom. The zero-order valence-corrected chi connectivity index (χ0v) is 10.9. The van der Waals surface area contributed by atoms with Crippen LogP contribution in [0.4, 0.5) is 0 Å². The minimum absolute atomic E-state index is 0.901. The number of hydrogen-bond acceptors (Lipinski definition) is 0. The highest BCUT2D eigenvalue weighted by atomic mass is 14.1. The van der Waals surface area contributed by atoms with Gasteiger partial charge in [0.1, 0.15) is 0 Å². The van der Waals surface area contributed by atoms with E-state index in [4.69, 9.17) is 0 Å². The first-order chi connectivity index (χ1) is 7.35. The fraction of sp³-hybridized carbons (Fsp3) is 0.867. The molecule has 0 aromatic carbocycles. The molecular weight excluding hydrogens is 180 g/mol. The first-order valence-corrected chi connectivity index (χ1v) is 6.96. The summed E-state index contributed by atoms with van der Waals surface area (Å²) in [7, 11) is 0. The van der Waals surface area contributed by atoms with Crippen LogP contribution in [-0.4, -0.2) is 0 Å². The summed E-state index contributed by atoms with van der Waals surface area (Å²) in [6, 6.07) is 0. The maximum Gasteiger partial charge on any atom is -0.0325 e. The predicted octanol–water partition coefficient (Wildman–Crippen LogP) is 5.73. The second-order valence-electron chi connectivity index (χ2n) is 4.71. The van der Waals surface area contributed by atoms with E-state index < -0.39 is 0 Å². The third-order valence-electron chi connectivity index (χ3n) is 3.29. The Hall–Kier alpha value is -0.260. The Bertz CT molecular complexity index is 126. The third kappa shape index (κ3) is 10.0. The van der Waals surface area contributed by atoms with Gasteiger partial charge in [-0.2, -0.15) is 0 Å². The molecule has 0 aliphatic carbocycles. The molecule has 0 nitrogen and oxygen atoms in total. The van der Waals surface area contributed by atoms with Crippen molar-refractivity contribution in [1.29, 1.82) is 0 Å². The van der Waals surface area contributed by atoms with Crippen LogP contribution in [0.2, 0.25) is 0 Å². The lowest BCUT2D eigenvalue weighted by atomic mass is 9.95. The molecule has 0 aliphatic rings. The molecule has 0 aromatic rings. The lowest BCUT2D eigenvalue weighted by molar-refractivity contribution is 0.442. The summed E-state index contributed by atoms with van der Waals surface area (Å²) in [6.07, 6.45) is 16.0. The standard InChI is InChI=1S/C15H30/c1-4-7-8-9-10-11-12-14-15(6-3)13-5-2/h5,15H,2,4,6-14H2,1,3H3. The largest absolute Gasteiger partial charge is 0.103 e. The van der Waals surface area contributed by atoms with Crippen LogP contribution in [0.15, 0.2) is 12.7 Å². The molecule has 0 bridgehead atoms. The van der Waals surface area contributed by atoms with Crippen LogP contribution in [0.5, 0.6) is 0 Å².